The van der Waals surface area contributed by atoms with E-state index in [-0.39, 0.29) is 24.4 Å². The number of fused-ring (bicyclic) bond motifs is 5. The first kappa shape index (κ1) is 10.1. The van der Waals surface area contributed by atoms with E-state index in [9.17, 15) is 4.79 Å². The maximum Gasteiger partial charge on any atom is 0.232 e. The Morgan fingerprint density at radius 1 is 1.50 bits per heavy atom. The molecule has 3 rings (SSSR count). The largest absolute Gasteiger partial charge is 0.742 e. The number of terminal acetylenes is 1. The zero-order valence-electron chi connectivity index (χ0n) is 8.93. The maximum absolute atomic E-state index is 12.3. The molecule has 2 bridgehead atoms. The number of amidine groups is 1. The van der Waals surface area contributed by atoms with E-state index < -0.39 is 0 Å². The van der Waals surface area contributed by atoms with Gasteiger partial charge in [-0.1, -0.05) is 5.92 Å². The molecule has 84 valence electrons. The second-order valence-corrected chi connectivity index (χ2v) is 5.25. The Morgan fingerprint density at radius 3 is 3.00 bits per heavy atom. The van der Waals surface area contributed by atoms with Crippen LogP contribution in [0.5, 0.6) is 0 Å². The van der Waals surface area contributed by atoms with Gasteiger partial charge in [0.1, 0.15) is 0 Å². The lowest BCUT2D eigenvalue weighted by molar-refractivity contribution is -0.134. The topological polar surface area (TPSA) is 32.7 Å². The van der Waals surface area contributed by atoms with Gasteiger partial charge in [-0.15, -0.1) is 6.42 Å². The molecule has 1 amide bonds. The summed E-state index contributed by atoms with van der Waals surface area (Å²) in [6.45, 7) is 0.266. The number of hydrogen-bond donors (Lipinski definition) is 0. The predicted octanol–water partition coefficient (Wildman–Crippen LogP) is 0.779. The summed E-state index contributed by atoms with van der Waals surface area (Å²) in [5.41, 5.74) is 0. The van der Waals surface area contributed by atoms with Crippen LogP contribution in [-0.4, -0.2) is 28.6 Å². The molecule has 2 aliphatic carbocycles. The first-order valence-corrected chi connectivity index (χ1v) is 6.13. The molecule has 16 heavy (non-hydrogen) atoms. The molecule has 0 aromatic heterocycles. The fourth-order valence-corrected chi connectivity index (χ4v) is 3.78. The lowest BCUT2D eigenvalue weighted by Gasteiger charge is -2.40. The molecule has 3 aliphatic rings. The van der Waals surface area contributed by atoms with Crippen LogP contribution in [0.3, 0.4) is 0 Å². The van der Waals surface area contributed by atoms with Gasteiger partial charge in [-0.3, -0.25) is 9.79 Å². The molecule has 2 unspecified atom stereocenters. The van der Waals surface area contributed by atoms with Crippen molar-refractivity contribution >= 4 is 23.7 Å². The summed E-state index contributed by atoms with van der Waals surface area (Å²) in [6.07, 6.45) is 8.78. The number of hydrogen-bond acceptors (Lipinski definition) is 3. The van der Waals surface area contributed by atoms with Gasteiger partial charge in [0.15, 0.2) is 0 Å². The second-order valence-electron chi connectivity index (χ2n) is 4.89. The van der Waals surface area contributed by atoms with E-state index in [2.05, 4.69) is 10.9 Å². The zero-order valence-corrected chi connectivity index (χ0v) is 9.74. The minimum absolute atomic E-state index is 0.0683. The van der Waals surface area contributed by atoms with Crippen molar-refractivity contribution in [2.45, 2.75) is 25.3 Å². The molecule has 0 saturated heterocycles. The highest BCUT2D eigenvalue weighted by atomic mass is 32.1. The van der Waals surface area contributed by atoms with E-state index in [1.807, 2.05) is 0 Å². The van der Waals surface area contributed by atoms with Gasteiger partial charge >= 0.3 is 0 Å². The van der Waals surface area contributed by atoms with Gasteiger partial charge in [-0.05, 0) is 36.3 Å². The predicted molar refractivity (Wildman–Crippen MR) is 63.5 cm³/mol. The molecular formula is C12H13N2OS-. The maximum atomic E-state index is 12.3. The summed E-state index contributed by atoms with van der Waals surface area (Å²) in [6, 6.07) is 0.160. The van der Waals surface area contributed by atoms with Crippen molar-refractivity contribution < 1.29 is 4.79 Å². The molecule has 0 aromatic carbocycles. The lowest BCUT2D eigenvalue weighted by atomic mass is 9.83. The van der Waals surface area contributed by atoms with Gasteiger partial charge < -0.3 is 17.5 Å². The highest BCUT2D eigenvalue weighted by Gasteiger charge is 2.53. The van der Waals surface area contributed by atoms with E-state index in [4.69, 9.17) is 19.1 Å². The molecule has 0 aromatic rings. The third-order valence-electron chi connectivity index (χ3n) is 4.16. The quantitative estimate of drug-likeness (QED) is 0.495. The van der Waals surface area contributed by atoms with Crippen LogP contribution < -0.4 is 0 Å². The van der Waals surface area contributed by atoms with Crippen LogP contribution in [0.1, 0.15) is 19.3 Å². The summed E-state index contributed by atoms with van der Waals surface area (Å²) >= 11 is 5.15. The van der Waals surface area contributed by atoms with Crippen LogP contribution in [0.4, 0.5) is 0 Å². The third kappa shape index (κ3) is 1.21. The molecule has 0 spiro atoms. The van der Waals surface area contributed by atoms with Crippen molar-refractivity contribution in [1.29, 1.82) is 0 Å². The molecule has 3 nitrogen and oxygen atoms in total. The van der Waals surface area contributed by atoms with Crippen molar-refractivity contribution in [3.8, 4) is 12.3 Å². The Kier molecular flexibility index (Phi) is 2.18. The first-order valence-electron chi connectivity index (χ1n) is 5.72. The number of carbonyl (C=O) groups is 1. The summed E-state index contributed by atoms with van der Waals surface area (Å²) in [4.78, 5) is 18.3. The molecule has 0 N–H and O–H groups in total. The first-order chi connectivity index (χ1) is 7.72. The van der Waals surface area contributed by atoms with Crippen LogP contribution >= 0.6 is 0 Å². The van der Waals surface area contributed by atoms with Crippen molar-refractivity contribution in [1.82, 2.24) is 4.90 Å². The van der Waals surface area contributed by atoms with E-state index in [1.165, 1.54) is 17.7 Å². The summed E-state index contributed by atoms with van der Waals surface area (Å²) in [7, 11) is 0. The molecule has 4 atom stereocenters. The van der Waals surface area contributed by atoms with Gasteiger partial charge in [-0.25, -0.2) is 0 Å². The number of aliphatic imine (C=N–C) groups is 1. The second kappa shape index (κ2) is 3.46. The van der Waals surface area contributed by atoms with Crippen LogP contribution in [-0.2, 0) is 17.4 Å². The fourth-order valence-electron chi connectivity index (χ4n) is 3.50. The molecule has 2 fully saturated rings. The lowest BCUT2D eigenvalue weighted by Crippen LogP contribution is -2.50. The third-order valence-corrected chi connectivity index (χ3v) is 4.49. The smallest absolute Gasteiger partial charge is 0.232 e. The van der Waals surface area contributed by atoms with Crippen LogP contribution in [0.25, 0.3) is 0 Å². The average Bonchev–Trinajstić information content (AvgIpc) is 2.84. The average molecular weight is 233 g/mol. The van der Waals surface area contributed by atoms with Crippen molar-refractivity contribution in [2.24, 2.45) is 22.7 Å². The Bertz CT molecular complexity index is 412. The van der Waals surface area contributed by atoms with Crippen molar-refractivity contribution in [2.75, 3.05) is 6.54 Å². The zero-order chi connectivity index (χ0) is 11.3. The molecule has 2 saturated carbocycles. The highest BCUT2D eigenvalue weighted by molar-refractivity contribution is 7.77. The Hall–Kier alpha value is -1.08. The Labute approximate surface area is 101 Å². The molecule has 4 heteroatoms. The number of rotatable bonds is 1. The van der Waals surface area contributed by atoms with Gasteiger partial charge in [0.05, 0.1) is 18.5 Å². The number of amides is 1. The summed E-state index contributed by atoms with van der Waals surface area (Å²) in [5, 5.41) is 0.400. The normalized spacial score (nSPS) is 40.6. The van der Waals surface area contributed by atoms with Crippen LogP contribution in [0.2, 0.25) is 0 Å². The van der Waals surface area contributed by atoms with Gasteiger partial charge in [0.2, 0.25) is 5.91 Å². The minimum atomic E-state index is 0.0683. The van der Waals surface area contributed by atoms with E-state index in [0.717, 1.165) is 6.42 Å². The van der Waals surface area contributed by atoms with E-state index in [0.29, 0.717) is 17.0 Å². The van der Waals surface area contributed by atoms with Gasteiger partial charge in [0, 0.05) is 0 Å². The standard InChI is InChI=1S/C12H14N2OS/c1-2-5-14-11(15)9-7-3-4-8(6-7)10(9)13-12(14)16/h1,7-10H,3-6H2,(H,13,16)/p-1/t7-,8+,9?,10?/m1/s1. The molecular weight excluding hydrogens is 220 g/mol. The van der Waals surface area contributed by atoms with Crippen LogP contribution in [0.15, 0.2) is 4.99 Å². The molecule has 0 radical (unpaired) electrons. The number of carbonyl (C=O) groups excluding carboxylic acids is 1. The van der Waals surface area contributed by atoms with E-state index in [1.54, 1.807) is 0 Å². The SMILES string of the molecule is C#CCN1C(=O)C2C(N=C1[S-])[C@H]1CC[C@@H]2C1. The highest BCUT2D eigenvalue weighted by Crippen LogP contribution is 2.51. The molecule has 1 aliphatic heterocycles. The Balaban J connectivity index is 1.95. The van der Waals surface area contributed by atoms with Crippen molar-refractivity contribution in [3.63, 3.8) is 0 Å². The van der Waals surface area contributed by atoms with Crippen molar-refractivity contribution in [3.05, 3.63) is 0 Å². The van der Waals surface area contributed by atoms with E-state index >= 15 is 0 Å². The fraction of sp³-hybridized carbons (Fsp3) is 0.667. The summed E-state index contributed by atoms with van der Waals surface area (Å²) in [5.74, 6) is 3.78. The van der Waals surface area contributed by atoms with Gasteiger partial charge in [-0.2, -0.15) is 0 Å². The monoisotopic (exact) mass is 233 g/mol. The molecule has 1 heterocycles. The number of nitrogens with zero attached hydrogens (tertiary/aromatic N) is 2. The van der Waals surface area contributed by atoms with Gasteiger partial charge in [0.25, 0.3) is 0 Å². The minimum Gasteiger partial charge on any atom is -0.742 e. The summed E-state index contributed by atoms with van der Waals surface area (Å²) < 4.78 is 0. The Morgan fingerprint density at radius 2 is 2.25 bits per heavy atom. The van der Waals surface area contributed by atoms with Crippen LogP contribution in [0, 0.1) is 30.1 Å².